The average Bonchev–Trinajstić information content (AvgIpc) is 3.53. The van der Waals surface area contributed by atoms with Crippen LogP contribution in [-0.4, -0.2) is 14.5 Å². The molecule has 0 radical (unpaired) electrons. The van der Waals surface area contributed by atoms with E-state index < -0.39 is 0 Å². The molecule has 4 heteroatoms. The second kappa shape index (κ2) is 10.4. The predicted octanol–water partition coefficient (Wildman–Crippen LogP) is 12.1. The molecule has 4 nitrogen and oxygen atoms in total. The van der Waals surface area contributed by atoms with Crippen molar-refractivity contribution in [2.75, 3.05) is 0 Å². The minimum atomic E-state index is 0.861. The molecule has 232 valence electrons. The zero-order chi connectivity index (χ0) is 32.8. The molecule has 50 heavy (non-hydrogen) atoms. The monoisotopic (exact) mass is 637 g/mol. The van der Waals surface area contributed by atoms with Gasteiger partial charge in [0.1, 0.15) is 0 Å². The van der Waals surface area contributed by atoms with Gasteiger partial charge in [0.2, 0.25) is 0 Å². The van der Waals surface area contributed by atoms with Gasteiger partial charge >= 0.3 is 0 Å². The molecule has 2 aromatic heterocycles. The van der Waals surface area contributed by atoms with Gasteiger partial charge in [-0.05, 0) is 75.5 Å². The van der Waals surface area contributed by atoms with Crippen LogP contribution in [0.15, 0.2) is 164 Å². The summed E-state index contributed by atoms with van der Waals surface area (Å²) in [6, 6.07) is 55.8. The molecule has 3 heterocycles. The summed E-state index contributed by atoms with van der Waals surface area (Å²) >= 11 is 0. The number of ether oxygens (including phenoxy) is 1. The zero-order valence-electron chi connectivity index (χ0n) is 26.8. The smallest absolute Gasteiger partial charge is 0.152 e. The number of para-hydroxylation sites is 3. The Balaban J connectivity index is 1.01. The summed E-state index contributed by atoms with van der Waals surface area (Å²) in [7, 11) is 0. The fourth-order valence-electron chi connectivity index (χ4n) is 7.89. The van der Waals surface area contributed by atoms with E-state index in [1.165, 1.54) is 38.2 Å². The first-order valence-electron chi connectivity index (χ1n) is 16.9. The van der Waals surface area contributed by atoms with Crippen LogP contribution in [0, 0.1) is 0 Å². The Hall–Kier alpha value is -6.78. The molecule has 0 saturated carbocycles. The maximum atomic E-state index is 6.33. The van der Waals surface area contributed by atoms with E-state index in [9.17, 15) is 0 Å². The molecule has 0 spiro atoms. The second-order valence-electron chi connectivity index (χ2n) is 13.0. The Bertz CT molecular complexity index is 2990. The van der Waals surface area contributed by atoms with Gasteiger partial charge in [-0.25, -0.2) is 4.98 Å². The van der Waals surface area contributed by atoms with Crippen LogP contribution in [0.1, 0.15) is 0 Å². The largest absolute Gasteiger partial charge is 0.453 e. The van der Waals surface area contributed by atoms with Crippen LogP contribution in [0.2, 0.25) is 0 Å². The zero-order valence-corrected chi connectivity index (χ0v) is 26.8. The van der Waals surface area contributed by atoms with E-state index in [0.29, 0.717) is 0 Å². The second-order valence-corrected chi connectivity index (χ2v) is 13.0. The Kier molecular flexibility index (Phi) is 5.63. The molecule has 8 aromatic carbocycles. The molecule has 0 bridgehead atoms. The summed E-state index contributed by atoms with van der Waals surface area (Å²) < 4.78 is 8.67. The predicted molar refractivity (Wildman–Crippen MR) is 205 cm³/mol. The first kappa shape index (κ1) is 27.2. The van der Waals surface area contributed by atoms with Gasteiger partial charge in [0.15, 0.2) is 11.5 Å². The lowest BCUT2D eigenvalue weighted by atomic mass is 9.96. The highest BCUT2D eigenvalue weighted by Crippen LogP contribution is 2.46. The summed E-state index contributed by atoms with van der Waals surface area (Å²) in [6.45, 7) is 0. The highest BCUT2D eigenvalue weighted by Gasteiger charge is 2.23. The van der Waals surface area contributed by atoms with E-state index in [0.717, 1.165) is 66.9 Å². The standard InChI is InChI=1S/C46H27N3O/c1-3-16-35-33(14-1)34-15-2-4-17-36(34)45-44(35)47-27-39(48-45)32-13-8-12-30(25-32)28-10-7-11-29(24-28)31-22-23-40-38(26-31)37-18-9-21-43-46(37)49(40)41-19-5-6-20-42(41)50-43/h1-27H. The number of hydrogen-bond donors (Lipinski definition) is 0. The van der Waals surface area contributed by atoms with Crippen LogP contribution < -0.4 is 4.74 Å². The lowest BCUT2D eigenvalue weighted by Crippen LogP contribution is -2.03. The number of rotatable bonds is 3. The number of aromatic nitrogens is 3. The molecule has 0 fully saturated rings. The third-order valence-corrected chi connectivity index (χ3v) is 10.2. The van der Waals surface area contributed by atoms with Gasteiger partial charge in [-0.15, -0.1) is 0 Å². The van der Waals surface area contributed by atoms with E-state index in [4.69, 9.17) is 14.7 Å². The maximum absolute atomic E-state index is 6.33. The number of fused-ring (bicyclic) bond motifs is 11. The summed E-state index contributed by atoms with van der Waals surface area (Å²) in [4.78, 5) is 10.2. The number of nitrogens with zero attached hydrogens (tertiary/aromatic N) is 3. The molecule has 1 aliphatic heterocycles. The first-order valence-corrected chi connectivity index (χ1v) is 16.9. The quantitative estimate of drug-likeness (QED) is 0.181. The van der Waals surface area contributed by atoms with E-state index in [2.05, 4.69) is 150 Å². The van der Waals surface area contributed by atoms with Gasteiger partial charge in [-0.3, -0.25) is 4.98 Å². The lowest BCUT2D eigenvalue weighted by molar-refractivity contribution is 0.476. The topological polar surface area (TPSA) is 39.9 Å². The average molecular weight is 638 g/mol. The molecular formula is C46H27N3O. The van der Waals surface area contributed by atoms with Crippen LogP contribution in [0.4, 0.5) is 0 Å². The lowest BCUT2D eigenvalue weighted by Gasteiger charge is -2.20. The van der Waals surface area contributed by atoms with Crippen molar-refractivity contribution in [3.63, 3.8) is 0 Å². The molecule has 0 atom stereocenters. The van der Waals surface area contributed by atoms with Crippen LogP contribution in [-0.2, 0) is 0 Å². The number of hydrogen-bond acceptors (Lipinski definition) is 3. The highest BCUT2D eigenvalue weighted by atomic mass is 16.5. The summed E-state index contributed by atoms with van der Waals surface area (Å²) in [5, 5.41) is 7.04. The molecule has 0 aliphatic carbocycles. The molecule has 0 saturated heterocycles. The molecule has 0 N–H and O–H groups in total. The van der Waals surface area contributed by atoms with E-state index in [-0.39, 0.29) is 0 Å². The fraction of sp³-hybridized carbons (Fsp3) is 0. The molecule has 0 amide bonds. The SMILES string of the molecule is c1cc(-c2cccc(-c3cnc4c5ccccc5c5ccccc5c4n3)c2)cc(-c2ccc3c(c2)c2cccc4c2n3-c2ccccc2O4)c1. The summed E-state index contributed by atoms with van der Waals surface area (Å²) in [5.74, 6) is 1.76. The van der Waals surface area contributed by atoms with Crippen molar-refractivity contribution in [2.45, 2.75) is 0 Å². The van der Waals surface area contributed by atoms with Crippen molar-refractivity contribution >= 4 is 54.4 Å². The highest BCUT2D eigenvalue weighted by molar-refractivity contribution is 6.23. The Morgan fingerprint density at radius 2 is 1.00 bits per heavy atom. The fourth-order valence-corrected chi connectivity index (χ4v) is 7.89. The van der Waals surface area contributed by atoms with E-state index >= 15 is 0 Å². The van der Waals surface area contributed by atoms with Crippen molar-refractivity contribution in [2.24, 2.45) is 0 Å². The molecular weight excluding hydrogens is 611 g/mol. The van der Waals surface area contributed by atoms with Gasteiger partial charge in [-0.1, -0.05) is 115 Å². The third kappa shape index (κ3) is 3.93. The van der Waals surface area contributed by atoms with Crippen molar-refractivity contribution in [1.82, 2.24) is 14.5 Å². The van der Waals surface area contributed by atoms with Gasteiger partial charge in [0, 0.05) is 27.1 Å². The normalized spacial score (nSPS) is 12.2. The van der Waals surface area contributed by atoms with Crippen molar-refractivity contribution in [1.29, 1.82) is 0 Å². The van der Waals surface area contributed by atoms with Gasteiger partial charge in [-0.2, -0.15) is 0 Å². The van der Waals surface area contributed by atoms with Gasteiger partial charge in [0.05, 0.1) is 39.6 Å². The van der Waals surface area contributed by atoms with Crippen LogP contribution in [0.3, 0.4) is 0 Å². The Labute approximate surface area is 287 Å². The minimum Gasteiger partial charge on any atom is -0.453 e. The first-order chi connectivity index (χ1) is 24.8. The third-order valence-electron chi connectivity index (χ3n) is 10.2. The molecule has 10 aromatic rings. The van der Waals surface area contributed by atoms with Gasteiger partial charge < -0.3 is 9.30 Å². The maximum Gasteiger partial charge on any atom is 0.152 e. The van der Waals surface area contributed by atoms with Crippen LogP contribution in [0.5, 0.6) is 11.5 Å². The van der Waals surface area contributed by atoms with Crippen molar-refractivity contribution in [3.8, 4) is 50.7 Å². The van der Waals surface area contributed by atoms with E-state index in [1.54, 1.807) is 0 Å². The van der Waals surface area contributed by atoms with Crippen LogP contribution in [0.25, 0.3) is 93.6 Å². The molecule has 0 unspecified atom stereocenters. The summed E-state index contributed by atoms with van der Waals surface area (Å²) in [6.07, 6.45) is 1.91. The van der Waals surface area contributed by atoms with Crippen molar-refractivity contribution in [3.05, 3.63) is 164 Å². The van der Waals surface area contributed by atoms with Crippen molar-refractivity contribution < 1.29 is 4.74 Å². The minimum absolute atomic E-state index is 0.861. The van der Waals surface area contributed by atoms with Crippen LogP contribution >= 0.6 is 0 Å². The Morgan fingerprint density at radius 3 is 1.78 bits per heavy atom. The van der Waals surface area contributed by atoms with E-state index in [1.807, 2.05) is 18.3 Å². The summed E-state index contributed by atoms with van der Waals surface area (Å²) in [5.41, 5.74) is 11.7. The van der Waals surface area contributed by atoms with Gasteiger partial charge in [0.25, 0.3) is 0 Å². The molecule has 11 rings (SSSR count). The number of benzene rings is 8. The Morgan fingerprint density at radius 1 is 0.420 bits per heavy atom. The molecule has 1 aliphatic rings.